The van der Waals surface area contributed by atoms with Crippen molar-refractivity contribution in [3.05, 3.63) is 17.9 Å². The molecule has 0 aromatic carbocycles. The number of carbonyl (C=O) groups is 1. The Bertz CT molecular complexity index is 638. The molecule has 110 valence electrons. The summed E-state index contributed by atoms with van der Waals surface area (Å²) < 4.78 is 1.41. The van der Waals surface area contributed by atoms with E-state index in [-0.39, 0.29) is 17.1 Å². The Morgan fingerprint density at radius 2 is 1.95 bits per heavy atom. The second kappa shape index (κ2) is 5.60. The van der Waals surface area contributed by atoms with Gasteiger partial charge in [0.05, 0.1) is 0 Å². The summed E-state index contributed by atoms with van der Waals surface area (Å²) in [6.07, 6.45) is 4.22. The minimum Gasteiger partial charge on any atom is -0.369 e. The predicted octanol–water partition coefficient (Wildman–Crippen LogP) is -0.193. The maximum absolute atomic E-state index is 11.2. The number of anilines is 1. The third kappa shape index (κ3) is 2.92. The molecule has 0 saturated carbocycles. The van der Waals surface area contributed by atoms with Crippen LogP contribution >= 0.6 is 11.6 Å². The molecule has 0 unspecified atom stereocenters. The summed E-state index contributed by atoms with van der Waals surface area (Å²) in [7, 11) is 0. The number of primary amides is 1. The number of carbonyl (C=O) groups excluding carboxylic acids is 1. The van der Waals surface area contributed by atoms with Gasteiger partial charge >= 0.3 is 0 Å². The lowest BCUT2D eigenvalue weighted by molar-refractivity contribution is -0.122. The van der Waals surface area contributed by atoms with Crippen molar-refractivity contribution in [2.75, 3.05) is 18.0 Å². The van der Waals surface area contributed by atoms with Crippen LogP contribution in [0.15, 0.2) is 12.7 Å². The van der Waals surface area contributed by atoms with E-state index in [1.807, 2.05) is 4.90 Å². The smallest absolute Gasteiger partial charge is 0.258 e. The van der Waals surface area contributed by atoms with Gasteiger partial charge in [-0.2, -0.15) is 24.7 Å². The fraction of sp³-hybridized carbons (Fsp3) is 0.455. The second-order valence-electron chi connectivity index (χ2n) is 4.71. The predicted molar refractivity (Wildman–Crippen MR) is 73.9 cm³/mol. The molecular weight excluding hydrogens is 296 g/mol. The highest BCUT2D eigenvalue weighted by atomic mass is 35.5. The van der Waals surface area contributed by atoms with Gasteiger partial charge < -0.3 is 10.6 Å². The standard InChI is InChI=1S/C11H13ClN8O/c12-9-16-10(18-11(17-9)20-6-14-5-15-20)19-3-1-7(2-4-19)8(13)21/h5-7H,1-4H2,(H2,13,21). The molecule has 0 atom stereocenters. The molecule has 0 radical (unpaired) electrons. The van der Waals surface area contributed by atoms with Crippen LogP contribution in [0.4, 0.5) is 5.95 Å². The molecule has 0 spiro atoms. The molecule has 0 bridgehead atoms. The molecule has 9 nitrogen and oxygen atoms in total. The first-order chi connectivity index (χ1) is 10.1. The van der Waals surface area contributed by atoms with Gasteiger partial charge in [0.2, 0.25) is 17.1 Å². The molecule has 10 heteroatoms. The van der Waals surface area contributed by atoms with Crippen LogP contribution in [0.25, 0.3) is 5.95 Å². The van der Waals surface area contributed by atoms with E-state index in [2.05, 4.69) is 25.0 Å². The SMILES string of the molecule is NC(=O)C1CCN(c2nc(Cl)nc(-n3cncn3)n2)CC1. The van der Waals surface area contributed by atoms with Crippen molar-refractivity contribution >= 4 is 23.5 Å². The maximum Gasteiger partial charge on any atom is 0.258 e. The Labute approximate surface area is 125 Å². The van der Waals surface area contributed by atoms with Crippen molar-refractivity contribution in [2.45, 2.75) is 12.8 Å². The molecule has 3 heterocycles. The first kappa shape index (κ1) is 13.7. The molecule has 21 heavy (non-hydrogen) atoms. The number of hydrogen-bond acceptors (Lipinski definition) is 7. The number of halogens is 1. The Balaban J connectivity index is 1.82. The normalized spacial score (nSPS) is 16.1. The van der Waals surface area contributed by atoms with Crippen LogP contribution in [0.1, 0.15) is 12.8 Å². The fourth-order valence-corrected chi connectivity index (χ4v) is 2.40. The zero-order valence-electron chi connectivity index (χ0n) is 11.1. The zero-order valence-corrected chi connectivity index (χ0v) is 11.8. The zero-order chi connectivity index (χ0) is 14.8. The number of nitrogens with zero attached hydrogens (tertiary/aromatic N) is 7. The van der Waals surface area contributed by atoms with Crippen molar-refractivity contribution in [1.82, 2.24) is 29.7 Å². The largest absolute Gasteiger partial charge is 0.369 e. The summed E-state index contributed by atoms with van der Waals surface area (Å²) in [4.78, 5) is 29.5. The monoisotopic (exact) mass is 308 g/mol. The first-order valence-corrected chi connectivity index (χ1v) is 6.82. The summed E-state index contributed by atoms with van der Waals surface area (Å²) in [6, 6.07) is 0. The summed E-state index contributed by atoms with van der Waals surface area (Å²) >= 11 is 5.94. The van der Waals surface area contributed by atoms with Crippen molar-refractivity contribution in [3.8, 4) is 5.95 Å². The number of piperidine rings is 1. The third-order valence-corrected chi connectivity index (χ3v) is 3.56. The van der Waals surface area contributed by atoms with E-state index in [0.717, 1.165) is 0 Å². The Kier molecular flexibility index (Phi) is 3.65. The Hall–Kier alpha value is -2.29. The number of rotatable bonds is 3. The van der Waals surface area contributed by atoms with Gasteiger partial charge in [-0.05, 0) is 24.4 Å². The van der Waals surface area contributed by atoms with Crippen LogP contribution in [0.2, 0.25) is 5.28 Å². The van der Waals surface area contributed by atoms with Crippen LogP contribution in [0, 0.1) is 5.92 Å². The minimum absolute atomic E-state index is 0.0857. The topological polar surface area (TPSA) is 116 Å². The summed E-state index contributed by atoms with van der Waals surface area (Å²) in [5, 5.41) is 4.05. The van der Waals surface area contributed by atoms with Gasteiger partial charge in [-0.25, -0.2) is 4.98 Å². The average Bonchev–Trinajstić information content (AvgIpc) is 3.01. The number of hydrogen-bond donors (Lipinski definition) is 1. The van der Waals surface area contributed by atoms with Crippen molar-refractivity contribution < 1.29 is 4.79 Å². The summed E-state index contributed by atoms with van der Waals surface area (Å²) in [5.41, 5.74) is 5.33. The highest BCUT2D eigenvalue weighted by molar-refractivity contribution is 6.28. The molecule has 1 aliphatic rings. The third-order valence-electron chi connectivity index (χ3n) is 3.39. The van der Waals surface area contributed by atoms with Crippen molar-refractivity contribution in [2.24, 2.45) is 11.7 Å². The molecule has 2 aromatic rings. The molecule has 1 saturated heterocycles. The van der Waals surface area contributed by atoms with Crippen LogP contribution < -0.4 is 10.6 Å². The quantitative estimate of drug-likeness (QED) is 0.835. The van der Waals surface area contributed by atoms with Gasteiger partial charge in [-0.1, -0.05) is 0 Å². The van der Waals surface area contributed by atoms with E-state index in [0.29, 0.717) is 37.8 Å². The van der Waals surface area contributed by atoms with Gasteiger partial charge in [0.25, 0.3) is 5.95 Å². The van der Waals surface area contributed by atoms with E-state index < -0.39 is 0 Å². The van der Waals surface area contributed by atoms with Crippen LogP contribution in [-0.2, 0) is 4.79 Å². The van der Waals surface area contributed by atoms with E-state index in [9.17, 15) is 4.79 Å². The molecule has 2 aromatic heterocycles. The van der Waals surface area contributed by atoms with E-state index in [1.54, 1.807) is 0 Å². The Morgan fingerprint density at radius 1 is 1.24 bits per heavy atom. The van der Waals surface area contributed by atoms with Gasteiger partial charge in [0.1, 0.15) is 12.7 Å². The lowest BCUT2D eigenvalue weighted by Crippen LogP contribution is -2.39. The van der Waals surface area contributed by atoms with Gasteiger partial charge in [-0.15, -0.1) is 0 Å². The van der Waals surface area contributed by atoms with Crippen LogP contribution in [-0.4, -0.2) is 48.7 Å². The van der Waals surface area contributed by atoms with Crippen molar-refractivity contribution in [1.29, 1.82) is 0 Å². The molecule has 1 aliphatic heterocycles. The van der Waals surface area contributed by atoms with Gasteiger partial charge in [0.15, 0.2) is 0 Å². The lowest BCUT2D eigenvalue weighted by atomic mass is 9.96. The molecule has 2 N–H and O–H groups in total. The van der Waals surface area contributed by atoms with E-state index in [4.69, 9.17) is 17.3 Å². The fourth-order valence-electron chi connectivity index (χ4n) is 2.25. The van der Waals surface area contributed by atoms with Crippen LogP contribution in [0.3, 0.4) is 0 Å². The van der Waals surface area contributed by atoms with Gasteiger partial charge in [-0.3, -0.25) is 4.79 Å². The first-order valence-electron chi connectivity index (χ1n) is 6.44. The summed E-state index contributed by atoms with van der Waals surface area (Å²) in [6.45, 7) is 1.29. The maximum atomic E-state index is 11.2. The number of aromatic nitrogens is 6. The van der Waals surface area contributed by atoms with E-state index in [1.165, 1.54) is 17.3 Å². The molecular formula is C11H13ClN8O. The molecule has 0 aliphatic carbocycles. The lowest BCUT2D eigenvalue weighted by Gasteiger charge is -2.30. The van der Waals surface area contributed by atoms with Gasteiger partial charge in [0, 0.05) is 19.0 Å². The molecule has 1 fully saturated rings. The molecule has 3 rings (SSSR count). The highest BCUT2D eigenvalue weighted by Crippen LogP contribution is 2.21. The number of nitrogens with two attached hydrogens (primary N) is 1. The van der Waals surface area contributed by atoms with E-state index >= 15 is 0 Å². The second-order valence-corrected chi connectivity index (χ2v) is 5.05. The molecule has 1 amide bonds. The summed E-state index contributed by atoms with van der Waals surface area (Å²) in [5.74, 6) is 0.419. The van der Waals surface area contributed by atoms with Crippen LogP contribution in [0.5, 0.6) is 0 Å². The van der Waals surface area contributed by atoms with Crippen molar-refractivity contribution in [3.63, 3.8) is 0 Å². The minimum atomic E-state index is -0.258. The Morgan fingerprint density at radius 3 is 2.57 bits per heavy atom. The highest BCUT2D eigenvalue weighted by Gasteiger charge is 2.25. The average molecular weight is 309 g/mol. The number of amides is 1.